The van der Waals surface area contributed by atoms with Gasteiger partial charge in [-0.2, -0.15) is 4.98 Å². The second kappa shape index (κ2) is 7.27. The molecule has 1 aliphatic rings. The first-order valence-corrected chi connectivity index (χ1v) is 8.64. The lowest BCUT2D eigenvalue weighted by Gasteiger charge is -2.35. The zero-order valence-corrected chi connectivity index (χ0v) is 15.2. The minimum Gasteiger partial charge on any atom is -0.363 e. The van der Waals surface area contributed by atoms with Crippen LogP contribution in [0, 0.1) is 0 Å². The molecule has 0 saturated carbocycles. The Labute approximate surface area is 146 Å². The zero-order valence-electron chi connectivity index (χ0n) is 13.6. The Hall–Kier alpha value is -1.66. The molecule has 23 heavy (non-hydrogen) atoms. The molecule has 6 heteroatoms. The number of benzene rings is 1. The van der Waals surface area contributed by atoms with E-state index in [4.69, 9.17) is 0 Å². The van der Waals surface area contributed by atoms with E-state index in [2.05, 4.69) is 60.0 Å². The number of hydrogen-bond acceptors (Lipinski definition) is 5. The molecule has 1 aromatic heterocycles. The van der Waals surface area contributed by atoms with E-state index in [1.807, 2.05) is 31.3 Å². The number of hydrogen-bond donors (Lipinski definition) is 0. The molecule has 0 N–H and O–H groups in total. The van der Waals surface area contributed by atoms with Crippen molar-refractivity contribution in [3.63, 3.8) is 0 Å². The van der Waals surface area contributed by atoms with Gasteiger partial charge in [-0.3, -0.25) is 4.90 Å². The Balaban J connectivity index is 1.60. The van der Waals surface area contributed by atoms with Gasteiger partial charge in [0.15, 0.2) is 0 Å². The summed E-state index contributed by atoms with van der Waals surface area (Å²) in [7, 11) is 4.00. The topological polar surface area (TPSA) is 35.5 Å². The van der Waals surface area contributed by atoms with E-state index in [1.54, 1.807) is 0 Å². The van der Waals surface area contributed by atoms with E-state index in [9.17, 15) is 0 Å². The predicted molar refractivity (Wildman–Crippen MR) is 98.0 cm³/mol. The molecule has 0 amide bonds. The average molecular weight is 376 g/mol. The molecule has 0 radical (unpaired) electrons. The van der Waals surface area contributed by atoms with Crippen molar-refractivity contribution in [1.82, 2.24) is 14.9 Å². The first kappa shape index (κ1) is 16.2. The summed E-state index contributed by atoms with van der Waals surface area (Å²) in [4.78, 5) is 15.8. The fraction of sp³-hybridized carbons (Fsp3) is 0.412. The van der Waals surface area contributed by atoms with Crippen molar-refractivity contribution >= 4 is 27.7 Å². The van der Waals surface area contributed by atoms with Gasteiger partial charge in [-0.05, 0) is 17.7 Å². The van der Waals surface area contributed by atoms with Crippen LogP contribution in [0.25, 0.3) is 0 Å². The van der Waals surface area contributed by atoms with Gasteiger partial charge in [-0.25, -0.2) is 4.98 Å². The summed E-state index contributed by atoms with van der Waals surface area (Å²) in [6, 6.07) is 10.4. The highest BCUT2D eigenvalue weighted by Crippen LogP contribution is 2.20. The van der Waals surface area contributed by atoms with Crippen LogP contribution >= 0.6 is 15.9 Å². The van der Waals surface area contributed by atoms with Crippen molar-refractivity contribution in [2.24, 2.45) is 0 Å². The molecular weight excluding hydrogens is 354 g/mol. The average Bonchev–Trinajstić information content (AvgIpc) is 2.58. The van der Waals surface area contributed by atoms with Crippen molar-refractivity contribution in [2.75, 3.05) is 50.1 Å². The van der Waals surface area contributed by atoms with Gasteiger partial charge in [-0.15, -0.1) is 0 Å². The maximum absolute atomic E-state index is 4.63. The van der Waals surface area contributed by atoms with Crippen LogP contribution in [0.4, 0.5) is 11.8 Å². The Bertz CT molecular complexity index is 653. The van der Waals surface area contributed by atoms with Crippen LogP contribution in [-0.2, 0) is 6.54 Å². The first-order chi connectivity index (χ1) is 11.1. The standard InChI is InChI=1S/C17H22BrN5/c1-21(2)16-7-8-19-17(20-16)23-11-9-22(10-12-23)13-14-5-3-4-6-15(14)18/h3-8H,9-13H2,1-2H3. The van der Waals surface area contributed by atoms with Crippen molar-refractivity contribution in [2.45, 2.75) is 6.54 Å². The Kier molecular flexibility index (Phi) is 5.13. The highest BCUT2D eigenvalue weighted by molar-refractivity contribution is 9.10. The summed E-state index contributed by atoms with van der Waals surface area (Å²) >= 11 is 3.63. The second-order valence-electron chi connectivity index (χ2n) is 5.96. The molecule has 1 aliphatic heterocycles. The van der Waals surface area contributed by atoms with Gasteiger partial charge in [-0.1, -0.05) is 34.1 Å². The summed E-state index contributed by atoms with van der Waals surface area (Å²) in [6.45, 7) is 4.95. The summed E-state index contributed by atoms with van der Waals surface area (Å²) in [5, 5.41) is 0. The zero-order chi connectivity index (χ0) is 16.2. The van der Waals surface area contributed by atoms with Crippen molar-refractivity contribution in [3.8, 4) is 0 Å². The molecule has 2 aromatic rings. The highest BCUT2D eigenvalue weighted by atomic mass is 79.9. The second-order valence-corrected chi connectivity index (χ2v) is 6.82. The van der Waals surface area contributed by atoms with Crippen LogP contribution in [0.3, 0.4) is 0 Å². The lowest BCUT2D eigenvalue weighted by molar-refractivity contribution is 0.248. The van der Waals surface area contributed by atoms with E-state index in [1.165, 1.54) is 10.0 Å². The van der Waals surface area contributed by atoms with E-state index in [0.717, 1.165) is 44.5 Å². The largest absolute Gasteiger partial charge is 0.363 e. The van der Waals surface area contributed by atoms with Crippen LogP contribution in [0.2, 0.25) is 0 Å². The predicted octanol–water partition coefficient (Wildman–Crippen LogP) is 2.63. The molecule has 0 spiro atoms. The first-order valence-electron chi connectivity index (χ1n) is 7.84. The maximum Gasteiger partial charge on any atom is 0.227 e. The third-order valence-electron chi connectivity index (χ3n) is 4.09. The molecular formula is C17H22BrN5. The summed E-state index contributed by atoms with van der Waals surface area (Å²) in [5.41, 5.74) is 1.34. The van der Waals surface area contributed by atoms with E-state index >= 15 is 0 Å². The number of rotatable bonds is 4. The molecule has 1 aromatic carbocycles. The lowest BCUT2D eigenvalue weighted by atomic mass is 10.2. The summed E-state index contributed by atoms with van der Waals surface area (Å²) < 4.78 is 1.18. The van der Waals surface area contributed by atoms with Gasteiger partial charge in [0.25, 0.3) is 0 Å². The van der Waals surface area contributed by atoms with Crippen molar-refractivity contribution in [1.29, 1.82) is 0 Å². The quantitative estimate of drug-likeness (QED) is 0.820. The molecule has 5 nitrogen and oxygen atoms in total. The molecule has 0 unspecified atom stereocenters. The minimum atomic E-state index is 0.830. The van der Waals surface area contributed by atoms with E-state index in [0.29, 0.717) is 0 Å². The van der Waals surface area contributed by atoms with Gasteiger partial charge < -0.3 is 9.80 Å². The smallest absolute Gasteiger partial charge is 0.227 e. The van der Waals surface area contributed by atoms with Crippen LogP contribution < -0.4 is 9.80 Å². The van der Waals surface area contributed by atoms with Crippen LogP contribution in [0.15, 0.2) is 41.0 Å². The number of nitrogens with zero attached hydrogens (tertiary/aromatic N) is 5. The van der Waals surface area contributed by atoms with Crippen molar-refractivity contribution < 1.29 is 0 Å². The van der Waals surface area contributed by atoms with E-state index in [-0.39, 0.29) is 0 Å². The highest BCUT2D eigenvalue weighted by Gasteiger charge is 2.19. The van der Waals surface area contributed by atoms with Gasteiger partial charge in [0.05, 0.1) is 0 Å². The number of anilines is 2. The van der Waals surface area contributed by atoms with Crippen LogP contribution in [0.5, 0.6) is 0 Å². The van der Waals surface area contributed by atoms with Crippen molar-refractivity contribution in [3.05, 3.63) is 46.6 Å². The summed E-state index contributed by atoms with van der Waals surface area (Å²) in [6.07, 6.45) is 1.84. The molecule has 0 bridgehead atoms. The minimum absolute atomic E-state index is 0.830. The molecule has 1 fully saturated rings. The normalized spacial score (nSPS) is 15.7. The summed E-state index contributed by atoms with van der Waals surface area (Å²) in [5.74, 6) is 1.78. The monoisotopic (exact) mass is 375 g/mol. The molecule has 0 aliphatic carbocycles. The van der Waals surface area contributed by atoms with Crippen LogP contribution in [0.1, 0.15) is 5.56 Å². The van der Waals surface area contributed by atoms with Gasteiger partial charge >= 0.3 is 0 Å². The Morgan fingerprint density at radius 2 is 1.83 bits per heavy atom. The number of halogens is 1. The van der Waals surface area contributed by atoms with Gasteiger partial charge in [0.1, 0.15) is 5.82 Å². The Morgan fingerprint density at radius 1 is 1.09 bits per heavy atom. The molecule has 122 valence electrons. The fourth-order valence-electron chi connectivity index (χ4n) is 2.71. The maximum atomic E-state index is 4.63. The third-order valence-corrected chi connectivity index (χ3v) is 4.87. The van der Waals surface area contributed by atoms with E-state index < -0.39 is 0 Å². The lowest BCUT2D eigenvalue weighted by Crippen LogP contribution is -2.46. The number of piperazine rings is 1. The molecule has 2 heterocycles. The Morgan fingerprint density at radius 3 is 2.52 bits per heavy atom. The molecule has 0 atom stereocenters. The SMILES string of the molecule is CN(C)c1ccnc(N2CCN(Cc3ccccc3Br)CC2)n1. The van der Waals surface area contributed by atoms with Gasteiger partial charge in [0, 0.05) is 57.5 Å². The van der Waals surface area contributed by atoms with Gasteiger partial charge in [0.2, 0.25) is 5.95 Å². The fourth-order valence-corrected chi connectivity index (χ4v) is 3.12. The van der Waals surface area contributed by atoms with Crippen LogP contribution in [-0.4, -0.2) is 55.1 Å². The molecule has 3 rings (SSSR count). The third kappa shape index (κ3) is 4.00. The molecule has 1 saturated heterocycles. The number of aromatic nitrogens is 2.